The van der Waals surface area contributed by atoms with Gasteiger partial charge in [0.15, 0.2) is 0 Å². The number of piperazine rings is 1. The highest BCUT2D eigenvalue weighted by molar-refractivity contribution is 6.30. The van der Waals surface area contributed by atoms with Crippen molar-refractivity contribution in [1.82, 2.24) is 14.8 Å². The third-order valence-corrected chi connectivity index (χ3v) is 4.66. The Labute approximate surface area is 148 Å². The quantitative estimate of drug-likeness (QED) is 0.837. The van der Waals surface area contributed by atoms with Gasteiger partial charge in [0.2, 0.25) is 5.91 Å². The number of amides is 1. The number of pyridine rings is 1. The van der Waals surface area contributed by atoms with Gasteiger partial charge in [-0.2, -0.15) is 0 Å². The second-order valence-corrected chi connectivity index (χ2v) is 6.53. The SMILES string of the molecule is O=C(Cc1ccc(Cl)cc1)N1CCN(CCc2ccccn2)CC1. The lowest BCUT2D eigenvalue weighted by atomic mass is 10.1. The van der Waals surface area contributed by atoms with Crippen LogP contribution < -0.4 is 0 Å². The number of nitrogens with zero attached hydrogens (tertiary/aromatic N) is 3. The van der Waals surface area contributed by atoms with Crippen LogP contribution >= 0.6 is 11.6 Å². The molecule has 24 heavy (non-hydrogen) atoms. The van der Waals surface area contributed by atoms with Gasteiger partial charge in [-0.25, -0.2) is 0 Å². The fourth-order valence-electron chi connectivity index (χ4n) is 2.93. The lowest BCUT2D eigenvalue weighted by Crippen LogP contribution is -2.49. The molecule has 0 bridgehead atoms. The van der Waals surface area contributed by atoms with Crippen molar-refractivity contribution in [2.75, 3.05) is 32.7 Å². The highest BCUT2D eigenvalue weighted by atomic mass is 35.5. The summed E-state index contributed by atoms with van der Waals surface area (Å²) >= 11 is 5.88. The number of benzene rings is 1. The first-order valence-corrected chi connectivity index (χ1v) is 8.73. The van der Waals surface area contributed by atoms with Crippen LogP contribution in [-0.4, -0.2) is 53.4 Å². The molecule has 1 aliphatic heterocycles. The maximum atomic E-state index is 12.4. The number of hydrogen-bond donors (Lipinski definition) is 0. The van der Waals surface area contributed by atoms with Crippen molar-refractivity contribution < 1.29 is 4.79 Å². The van der Waals surface area contributed by atoms with Gasteiger partial charge in [-0.05, 0) is 29.8 Å². The first kappa shape index (κ1) is 16.9. The van der Waals surface area contributed by atoms with Crippen LogP contribution in [0.1, 0.15) is 11.3 Å². The first-order valence-electron chi connectivity index (χ1n) is 8.35. The van der Waals surface area contributed by atoms with Crippen LogP contribution in [0.2, 0.25) is 5.02 Å². The molecular formula is C19H22ClN3O. The summed E-state index contributed by atoms with van der Waals surface area (Å²) in [7, 11) is 0. The largest absolute Gasteiger partial charge is 0.340 e. The highest BCUT2D eigenvalue weighted by Crippen LogP contribution is 2.12. The molecule has 126 valence electrons. The van der Waals surface area contributed by atoms with E-state index in [2.05, 4.69) is 16.0 Å². The molecule has 2 heterocycles. The van der Waals surface area contributed by atoms with Crippen LogP contribution in [0.15, 0.2) is 48.7 Å². The zero-order valence-electron chi connectivity index (χ0n) is 13.7. The van der Waals surface area contributed by atoms with E-state index < -0.39 is 0 Å². The molecule has 5 heteroatoms. The molecule has 0 unspecified atom stereocenters. The van der Waals surface area contributed by atoms with Crippen LogP contribution in [0.4, 0.5) is 0 Å². The Bertz CT molecular complexity index is 652. The Morgan fingerprint density at radius 2 is 1.79 bits per heavy atom. The summed E-state index contributed by atoms with van der Waals surface area (Å²) in [4.78, 5) is 21.1. The third kappa shape index (κ3) is 4.79. The number of carbonyl (C=O) groups excluding carboxylic acids is 1. The number of halogens is 1. The van der Waals surface area contributed by atoms with Crippen LogP contribution in [0.5, 0.6) is 0 Å². The first-order chi connectivity index (χ1) is 11.7. The van der Waals surface area contributed by atoms with Crippen molar-refractivity contribution in [3.63, 3.8) is 0 Å². The third-order valence-electron chi connectivity index (χ3n) is 4.40. The number of hydrogen-bond acceptors (Lipinski definition) is 3. The standard InChI is InChI=1S/C19H22ClN3O/c20-17-6-4-16(5-7-17)15-19(24)23-13-11-22(12-14-23)10-8-18-3-1-2-9-21-18/h1-7,9H,8,10-15H2. The summed E-state index contributed by atoms with van der Waals surface area (Å²) in [5.41, 5.74) is 2.14. The molecule has 0 atom stereocenters. The second kappa shape index (κ2) is 8.27. The average Bonchev–Trinajstić information content (AvgIpc) is 2.63. The van der Waals surface area contributed by atoms with Crippen LogP contribution in [0.3, 0.4) is 0 Å². The molecule has 3 rings (SSSR count). The molecule has 1 aromatic heterocycles. The van der Waals surface area contributed by atoms with E-state index in [0.29, 0.717) is 11.4 Å². The normalized spacial score (nSPS) is 15.5. The summed E-state index contributed by atoms with van der Waals surface area (Å²) < 4.78 is 0. The molecule has 1 amide bonds. The smallest absolute Gasteiger partial charge is 0.227 e. The van der Waals surface area contributed by atoms with Gasteiger partial charge in [0.05, 0.1) is 6.42 Å². The van der Waals surface area contributed by atoms with Crippen molar-refractivity contribution in [3.05, 3.63) is 64.9 Å². The molecule has 1 aliphatic rings. The van der Waals surface area contributed by atoms with E-state index in [4.69, 9.17) is 11.6 Å². The Morgan fingerprint density at radius 3 is 2.46 bits per heavy atom. The van der Waals surface area contributed by atoms with Crippen LogP contribution in [0, 0.1) is 0 Å². The minimum atomic E-state index is 0.196. The van der Waals surface area contributed by atoms with E-state index in [0.717, 1.165) is 50.4 Å². The van der Waals surface area contributed by atoms with Gasteiger partial charge in [-0.15, -0.1) is 0 Å². The summed E-state index contributed by atoms with van der Waals surface area (Å²) in [6.07, 6.45) is 3.24. The maximum absolute atomic E-state index is 12.4. The molecule has 0 aliphatic carbocycles. The molecule has 1 saturated heterocycles. The van der Waals surface area contributed by atoms with Crippen molar-refractivity contribution in [3.8, 4) is 0 Å². The Balaban J connectivity index is 1.42. The Kier molecular flexibility index (Phi) is 5.83. The molecule has 0 saturated carbocycles. The highest BCUT2D eigenvalue weighted by Gasteiger charge is 2.20. The predicted octanol–water partition coefficient (Wildman–Crippen LogP) is 2.66. The van der Waals surface area contributed by atoms with Gasteiger partial charge in [-0.1, -0.05) is 29.8 Å². The lowest BCUT2D eigenvalue weighted by Gasteiger charge is -2.34. The molecule has 1 aromatic carbocycles. The summed E-state index contributed by atoms with van der Waals surface area (Å²) in [6, 6.07) is 13.5. The van der Waals surface area contributed by atoms with E-state index in [9.17, 15) is 4.79 Å². The van der Waals surface area contributed by atoms with E-state index in [1.165, 1.54) is 0 Å². The average molecular weight is 344 g/mol. The molecule has 2 aromatic rings. The molecule has 4 nitrogen and oxygen atoms in total. The maximum Gasteiger partial charge on any atom is 0.227 e. The van der Waals surface area contributed by atoms with Crippen molar-refractivity contribution >= 4 is 17.5 Å². The van der Waals surface area contributed by atoms with E-state index in [1.807, 2.05) is 47.5 Å². The number of rotatable bonds is 5. The molecule has 0 spiro atoms. The molecule has 1 fully saturated rings. The Hall–Kier alpha value is -1.91. The minimum Gasteiger partial charge on any atom is -0.340 e. The van der Waals surface area contributed by atoms with E-state index in [1.54, 1.807) is 0 Å². The second-order valence-electron chi connectivity index (χ2n) is 6.10. The van der Waals surface area contributed by atoms with Crippen molar-refractivity contribution in [2.45, 2.75) is 12.8 Å². The summed E-state index contributed by atoms with van der Waals surface area (Å²) in [6.45, 7) is 4.46. The molecule has 0 N–H and O–H groups in total. The number of aromatic nitrogens is 1. The van der Waals surface area contributed by atoms with Gasteiger partial charge in [0.25, 0.3) is 0 Å². The summed E-state index contributed by atoms with van der Waals surface area (Å²) in [5.74, 6) is 0.196. The number of carbonyl (C=O) groups is 1. The molecular weight excluding hydrogens is 322 g/mol. The van der Waals surface area contributed by atoms with E-state index >= 15 is 0 Å². The van der Waals surface area contributed by atoms with Gasteiger partial charge in [0.1, 0.15) is 0 Å². The van der Waals surface area contributed by atoms with Crippen LogP contribution in [0.25, 0.3) is 0 Å². The molecule has 0 radical (unpaired) electrons. The van der Waals surface area contributed by atoms with Crippen molar-refractivity contribution in [1.29, 1.82) is 0 Å². The topological polar surface area (TPSA) is 36.4 Å². The fourth-order valence-corrected chi connectivity index (χ4v) is 3.05. The van der Waals surface area contributed by atoms with E-state index in [-0.39, 0.29) is 5.91 Å². The lowest BCUT2D eigenvalue weighted by molar-refractivity contribution is -0.132. The zero-order valence-corrected chi connectivity index (χ0v) is 14.5. The van der Waals surface area contributed by atoms with Gasteiger partial charge in [-0.3, -0.25) is 14.7 Å². The van der Waals surface area contributed by atoms with Gasteiger partial charge < -0.3 is 4.90 Å². The fraction of sp³-hybridized carbons (Fsp3) is 0.368. The minimum absolute atomic E-state index is 0.196. The summed E-state index contributed by atoms with van der Waals surface area (Å²) in [5, 5.41) is 0.702. The van der Waals surface area contributed by atoms with Gasteiger partial charge in [0, 0.05) is 56.1 Å². The monoisotopic (exact) mass is 343 g/mol. The van der Waals surface area contributed by atoms with Crippen molar-refractivity contribution in [2.24, 2.45) is 0 Å². The predicted molar refractivity (Wildman–Crippen MR) is 96.1 cm³/mol. The Morgan fingerprint density at radius 1 is 1.04 bits per heavy atom. The van der Waals surface area contributed by atoms with Gasteiger partial charge >= 0.3 is 0 Å². The zero-order chi connectivity index (χ0) is 16.8. The van der Waals surface area contributed by atoms with Crippen LogP contribution in [-0.2, 0) is 17.6 Å².